The summed E-state index contributed by atoms with van der Waals surface area (Å²) >= 11 is 11.7. The predicted octanol–water partition coefficient (Wildman–Crippen LogP) is 4.42. The van der Waals surface area contributed by atoms with Crippen LogP contribution in [0.2, 0.25) is 10.0 Å². The average molecular weight is 284 g/mol. The van der Waals surface area contributed by atoms with Gasteiger partial charge in [0.25, 0.3) is 0 Å². The van der Waals surface area contributed by atoms with E-state index in [4.69, 9.17) is 23.2 Å². The van der Waals surface area contributed by atoms with Crippen LogP contribution < -0.4 is 5.32 Å². The van der Waals surface area contributed by atoms with Crippen LogP contribution in [0.5, 0.6) is 0 Å². The summed E-state index contributed by atoms with van der Waals surface area (Å²) in [5.41, 5.74) is 1.67. The zero-order chi connectivity index (χ0) is 13.0. The minimum atomic E-state index is -0.195. The van der Waals surface area contributed by atoms with E-state index in [0.717, 1.165) is 5.56 Å². The van der Waals surface area contributed by atoms with Crippen molar-refractivity contribution >= 4 is 23.2 Å². The zero-order valence-electron chi connectivity index (χ0n) is 9.59. The van der Waals surface area contributed by atoms with E-state index in [1.165, 1.54) is 6.07 Å². The first-order chi connectivity index (χ1) is 8.66. The normalized spacial score (nSPS) is 10.6. The van der Waals surface area contributed by atoms with E-state index < -0.39 is 0 Å². The molecular weight excluding hydrogens is 272 g/mol. The standard InChI is InChI=1S/C14H12Cl2FN/c15-12-6-5-10(7-13(12)16)8-18-9-11-3-1-2-4-14(11)17/h1-7,18H,8-9H2. The molecule has 2 aromatic carbocycles. The van der Waals surface area contributed by atoms with Gasteiger partial charge in [-0.25, -0.2) is 4.39 Å². The summed E-state index contributed by atoms with van der Waals surface area (Å²) in [6.07, 6.45) is 0. The van der Waals surface area contributed by atoms with Gasteiger partial charge < -0.3 is 5.32 Å². The molecule has 0 aliphatic rings. The summed E-state index contributed by atoms with van der Waals surface area (Å²) < 4.78 is 13.4. The smallest absolute Gasteiger partial charge is 0.127 e. The number of benzene rings is 2. The maximum absolute atomic E-state index is 13.4. The lowest BCUT2D eigenvalue weighted by Gasteiger charge is -2.07. The van der Waals surface area contributed by atoms with Crippen molar-refractivity contribution in [1.29, 1.82) is 0 Å². The van der Waals surface area contributed by atoms with Crippen molar-refractivity contribution < 1.29 is 4.39 Å². The van der Waals surface area contributed by atoms with Gasteiger partial charge in [-0.3, -0.25) is 0 Å². The van der Waals surface area contributed by atoms with Gasteiger partial charge in [0, 0.05) is 18.7 Å². The highest BCUT2D eigenvalue weighted by Gasteiger charge is 2.01. The summed E-state index contributed by atoms with van der Waals surface area (Å²) in [5, 5.41) is 4.23. The van der Waals surface area contributed by atoms with Crippen LogP contribution in [-0.4, -0.2) is 0 Å². The molecule has 0 unspecified atom stereocenters. The maximum Gasteiger partial charge on any atom is 0.127 e. The SMILES string of the molecule is Fc1ccccc1CNCc1ccc(Cl)c(Cl)c1. The summed E-state index contributed by atoms with van der Waals surface area (Å²) in [6.45, 7) is 1.10. The largest absolute Gasteiger partial charge is 0.309 e. The first-order valence-electron chi connectivity index (χ1n) is 5.55. The molecule has 0 amide bonds. The Morgan fingerprint density at radius 2 is 1.72 bits per heavy atom. The maximum atomic E-state index is 13.4. The first-order valence-corrected chi connectivity index (χ1v) is 6.30. The number of halogens is 3. The molecule has 94 valence electrons. The van der Waals surface area contributed by atoms with Gasteiger partial charge in [-0.15, -0.1) is 0 Å². The van der Waals surface area contributed by atoms with Gasteiger partial charge in [0.2, 0.25) is 0 Å². The van der Waals surface area contributed by atoms with Gasteiger partial charge in [-0.1, -0.05) is 47.5 Å². The molecule has 0 aliphatic heterocycles. The van der Waals surface area contributed by atoms with Crippen LogP contribution >= 0.6 is 23.2 Å². The Balaban J connectivity index is 1.92. The molecule has 0 bridgehead atoms. The summed E-state index contributed by atoms with van der Waals surface area (Å²) in [4.78, 5) is 0. The predicted molar refractivity (Wildman–Crippen MR) is 73.4 cm³/mol. The van der Waals surface area contributed by atoms with Crippen LogP contribution in [0, 0.1) is 5.82 Å². The Labute approximate surface area is 116 Å². The molecule has 0 spiro atoms. The number of rotatable bonds is 4. The Morgan fingerprint density at radius 3 is 2.44 bits per heavy atom. The van der Waals surface area contributed by atoms with E-state index in [-0.39, 0.29) is 5.82 Å². The van der Waals surface area contributed by atoms with Gasteiger partial charge in [0.1, 0.15) is 5.82 Å². The third-order valence-corrected chi connectivity index (χ3v) is 3.33. The van der Waals surface area contributed by atoms with Crippen LogP contribution in [0.25, 0.3) is 0 Å². The third kappa shape index (κ3) is 3.45. The Kier molecular flexibility index (Phi) is 4.59. The molecule has 18 heavy (non-hydrogen) atoms. The molecule has 1 nitrogen and oxygen atoms in total. The Bertz CT molecular complexity index is 543. The van der Waals surface area contributed by atoms with E-state index in [1.807, 2.05) is 12.1 Å². The quantitative estimate of drug-likeness (QED) is 0.876. The molecule has 0 aliphatic carbocycles. The minimum absolute atomic E-state index is 0.195. The summed E-state index contributed by atoms with van der Waals surface area (Å²) in [6, 6.07) is 12.2. The van der Waals surface area contributed by atoms with Crippen molar-refractivity contribution in [2.24, 2.45) is 0 Å². The lowest BCUT2D eigenvalue weighted by atomic mass is 10.2. The molecule has 2 aromatic rings. The van der Waals surface area contributed by atoms with Crippen LogP contribution in [-0.2, 0) is 13.1 Å². The summed E-state index contributed by atoms with van der Waals surface area (Å²) in [7, 11) is 0. The van der Waals surface area contributed by atoms with Crippen LogP contribution in [0.15, 0.2) is 42.5 Å². The molecule has 1 N–H and O–H groups in total. The zero-order valence-corrected chi connectivity index (χ0v) is 11.1. The highest BCUT2D eigenvalue weighted by atomic mass is 35.5. The first kappa shape index (κ1) is 13.3. The van der Waals surface area contributed by atoms with Gasteiger partial charge in [-0.05, 0) is 23.8 Å². The fourth-order valence-corrected chi connectivity index (χ4v) is 1.95. The lowest BCUT2D eigenvalue weighted by molar-refractivity contribution is 0.588. The molecule has 0 aromatic heterocycles. The molecule has 0 saturated carbocycles. The Morgan fingerprint density at radius 1 is 0.944 bits per heavy atom. The van der Waals surface area contributed by atoms with Gasteiger partial charge in [0.05, 0.1) is 10.0 Å². The van der Waals surface area contributed by atoms with Crippen LogP contribution in [0.3, 0.4) is 0 Å². The van der Waals surface area contributed by atoms with Crippen molar-refractivity contribution in [3.8, 4) is 0 Å². The monoisotopic (exact) mass is 283 g/mol. The second-order valence-corrected chi connectivity index (χ2v) is 4.76. The Hall–Kier alpha value is -1.09. The average Bonchev–Trinajstić information content (AvgIpc) is 2.36. The van der Waals surface area contributed by atoms with E-state index in [0.29, 0.717) is 28.7 Å². The molecule has 0 radical (unpaired) electrons. The topological polar surface area (TPSA) is 12.0 Å². The van der Waals surface area contributed by atoms with Gasteiger partial charge >= 0.3 is 0 Å². The van der Waals surface area contributed by atoms with Crippen molar-refractivity contribution in [3.63, 3.8) is 0 Å². The molecule has 0 fully saturated rings. The molecular formula is C14H12Cl2FN. The molecule has 0 heterocycles. The fraction of sp³-hybridized carbons (Fsp3) is 0.143. The molecule has 4 heteroatoms. The van der Waals surface area contributed by atoms with Gasteiger partial charge in [0.15, 0.2) is 0 Å². The fourth-order valence-electron chi connectivity index (χ4n) is 1.63. The van der Waals surface area contributed by atoms with E-state index in [1.54, 1.807) is 24.3 Å². The van der Waals surface area contributed by atoms with Crippen LogP contribution in [0.1, 0.15) is 11.1 Å². The van der Waals surface area contributed by atoms with E-state index >= 15 is 0 Å². The van der Waals surface area contributed by atoms with Crippen molar-refractivity contribution in [3.05, 3.63) is 69.5 Å². The third-order valence-electron chi connectivity index (χ3n) is 2.59. The van der Waals surface area contributed by atoms with E-state index in [2.05, 4.69) is 5.32 Å². The highest BCUT2D eigenvalue weighted by molar-refractivity contribution is 6.42. The van der Waals surface area contributed by atoms with Crippen molar-refractivity contribution in [1.82, 2.24) is 5.32 Å². The van der Waals surface area contributed by atoms with Crippen molar-refractivity contribution in [2.75, 3.05) is 0 Å². The number of hydrogen-bond donors (Lipinski definition) is 1. The molecule has 2 rings (SSSR count). The molecule has 0 atom stereocenters. The highest BCUT2D eigenvalue weighted by Crippen LogP contribution is 2.22. The van der Waals surface area contributed by atoms with Gasteiger partial charge in [-0.2, -0.15) is 0 Å². The molecule has 0 saturated heterocycles. The summed E-state index contributed by atoms with van der Waals surface area (Å²) in [5.74, 6) is -0.195. The van der Waals surface area contributed by atoms with E-state index in [9.17, 15) is 4.39 Å². The van der Waals surface area contributed by atoms with Crippen molar-refractivity contribution in [2.45, 2.75) is 13.1 Å². The second-order valence-electron chi connectivity index (χ2n) is 3.94. The second kappa shape index (κ2) is 6.19. The number of hydrogen-bond acceptors (Lipinski definition) is 1. The van der Waals surface area contributed by atoms with Crippen LogP contribution in [0.4, 0.5) is 4.39 Å². The minimum Gasteiger partial charge on any atom is -0.309 e. The lowest BCUT2D eigenvalue weighted by Crippen LogP contribution is -2.13. The number of nitrogens with one attached hydrogen (secondary N) is 1.